The molecule has 0 radical (unpaired) electrons. The summed E-state index contributed by atoms with van der Waals surface area (Å²) in [6.07, 6.45) is 3.81. The Balaban J connectivity index is 2.09. The molecule has 0 N–H and O–H groups in total. The Morgan fingerprint density at radius 3 is 2.63 bits per heavy atom. The second-order valence-corrected chi connectivity index (χ2v) is 6.74. The predicted octanol–water partition coefficient (Wildman–Crippen LogP) is 4.46. The first-order chi connectivity index (χ1) is 8.89. The summed E-state index contributed by atoms with van der Waals surface area (Å²) >= 11 is 0. The molecule has 2 nitrogen and oxygen atoms in total. The molecule has 1 aliphatic carbocycles. The predicted molar refractivity (Wildman–Crippen MR) is 77.1 cm³/mol. The van der Waals surface area contributed by atoms with Crippen LogP contribution in [0.3, 0.4) is 0 Å². The van der Waals surface area contributed by atoms with Crippen molar-refractivity contribution in [1.82, 2.24) is 0 Å². The van der Waals surface area contributed by atoms with Crippen LogP contribution in [0.5, 0.6) is 5.75 Å². The van der Waals surface area contributed by atoms with E-state index in [1.54, 1.807) is 0 Å². The highest BCUT2D eigenvalue weighted by molar-refractivity contribution is 5.41. The number of benzene rings is 1. The summed E-state index contributed by atoms with van der Waals surface area (Å²) in [5.74, 6) is 1.61. The van der Waals surface area contributed by atoms with Crippen molar-refractivity contribution in [3.63, 3.8) is 0 Å². The van der Waals surface area contributed by atoms with Crippen LogP contribution in [0, 0.1) is 29.6 Å². The fourth-order valence-electron chi connectivity index (χ4n) is 3.38. The molecule has 2 atom stereocenters. The molecular formula is C17H23NO. The van der Waals surface area contributed by atoms with Crippen molar-refractivity contribution in [3.05, 3.63) is 29.3 Å². The van der Waals surface area contributed by atoms with E-state index >= 15 is 0 Å². The topological polar surface area (TPSA) is 33.0 Å². The van der Waals surface area contributed by atoms with E-state index in [1.165, 1.54) is 6.42 Å². The summed E-state index contributed by atoms with van der Waals surface area (Å²) in [5.41, 5.74) is 2.08. The Bertz CT molecular complexity index is 498. The zero-order valence-corrected chi connectivity index (χ0v) is 12.4. The summed E-state index contributed by atoms with van der Waals surface area (Å²) in [4.78, 5) is 0. The van der Waals surface area contributed by atoms with Gasteiger partial charge in [-0.25, -0.2) is 0 Å². The second-order valence-electron chi connectivity index (χ2n) is 6.74. The normalized spacial score (nSPS) is 25.6. The lowest BCUT2D eigenvalue weighted by atomic mass is 9.71. The van der Waals surface area contributed by atoms with Crippen molar-refractivity contribution < 1.29 is 4.74 Å². The summed E-state index contributed by atoms with van der Waals surface area (Å²) in [6, 6.07) is 7.93. The van der Waals surface area contributed by atoms with E-state index < -0.39 is 0 Å². The SMILES string of the molecule is Cc1cc(OC2CC(C)CC(C)(C)C2)ccc1C#N. The quantitative estimate of drug-likeness (QED) is 0.783. The standard InChI is InChI=1S/C17H23NO/c1-12-7-16(10-17(3,4)9-12)19-15-6-5-14(11-18)13(2)8-15/h5-6,8,12,16H,7,9-10H2,1-4H3. The molecule has 1 aliphatic rings. The summed E-state index contributed by atoms with van der Waals surface area (Å²) in [7, 11) is 0. The van der Waals surface area contributed by atoms with Crippen LogP contribution in [0.25, 0.3) is 0 Å². The molecule has 2 heteroatoms. The lowest BCUT2D eigenvalue weighted by Gasteiger charge is -2.38. The van der Waals surface area contributed by atoms with E-state index in [9.17, 15) is 0 Å². The lowest BCUT2D eigenvalue weighted by molar-refractivity contribution is 0.0562. The first-order valence-corrected chi connectivity index (χ1v) is 7.07. The Labute approximate surface area is 116 Å². The van der Waals surface area contributed by atoms with E-state index in [0.717, 1.165) is 29.7 Å². The summed E-state index contributed by atoms with van der Waals surface area (Å²) in [6.45, 7) is 8.91. The molecule has 1 fully saturated rings. The van der Waals surface area contributed by atoms with Gasteiger partial charge in [0.1, 0.15) is 5.75 Å². The highest BCUT2D eigenvalue weighted by Crippen LogP contribution is 2.40. The van der Waals surface area contributed by atoms with Gasteiger partial charge in [0.25, 0.3) is 0 Å². The minimum atomic E-state index is 0.297. The van der Waals surface area contributed by atoms with Gasteiger partial charge in [-0.15, -0.1) is 0 Å². The van der Waals surface area contributed by atoms with Gasteiger partial charge >= 0.3 is 0 Å². The number of hydrogen-bond donors (Lipinski definition) is 0. The highest BCUT2D eigenvalue weighted by atomic mass is 16.5. The molecule has 19 heavy (non-hydrogen) atoms. The van der Waals surface area contributed by atoms with Crippen molar-refractivity contribution in [3.8, 4) is 11.8 Å². The maximum absolute atomic E-state index is 8.94. The van der Waals surface area contributed by atoms with Crippen LogP contribution >= 0.6 is 0 Å². The molecule has 1 aromatic rings. The van der Waals surface area contributed by atoms with E-state index in [2.05, 4.69) is 26.8 Å². The smallest absolute Gasteiger partial charge is 0.120 e. The van der Waals surface area contributed by atoms with Crippen LogP contribution in [0.15, 0.2) is 18.2 Å². The monoisotopic (exact) mass is 257 g/mol. The minimum Gasteiger partial charge on any atom is -0.490 e. The molecule has 1 saturated carbocycles. The van der Waals surface area contributed by atoms with Crippen LogP contribution in [-0.4, -0.2) is 6.10 Å². The number of aryl methyl sites for hydroxylation is 1. The number of hydrogen-bond acceptors (Lipinski definition) is 2. The molecule has 0 amide bonds. The van der Waals surface area contributed by atoms with Gasteiger partial charge in [0.2, 0.25) is 0 Å². The van der Waals surface area contributed by atoms with Gasteiger partial charge in [-0.2, -0.15) is 5.26 Å². The van der Waals surface area contributed by atoms with Gasteiger partial charge in [0, 0.05) is 0 Å². The molecular weight excluding hydrogens is 234 g/mol. The fourth-order valence-corrected chi connectivity index (χ4v) is 3.38. The highest BCUT2D eigenvalue weighted by Gasteiger charge is 2.33. The van der Waals surface area contributed by atoms with Crippen molar-refractivity contribution >= 4 is 0 Å². The Hall–Kier alpha value is -1.49. The first kappa shape index (κ1) is 13.9. The molecule has 0 spiro atoms. The molecule has 0 saturated heterocycles. The maximum Gasteiger partial charge on any atom is 0.120 e. The largest absolute Gasteiger partial charge is 0.490 e. The van der Waals surface area contributed by atoms with Gasteiger partial charge < -0.3 is 4.74 Å². The molecule has 0 heterocycles. The molecule has 2 rings (SSSR count). The van der Waals surface area contributed by atoms with Crippen molar-refractivity contribution in [2.45, 2.75) is 53.1 Å². The summed E-state index contributed by atoms with van der Waals surface area (Å²) < 4.78 is 6.13. The maximum atomic E-state index is 8.94. The van der Waals surface area contributed by atoms with Crippen molar-refractivity contribution in [2.24, 2.45) is 11.3 Å². The van der Waals surface area contributed by atoms with Crippen molar-refractivity contribution in [1.29, 1.82) is 5.26 Å². The van der Waals surface area contributed by atoms with Gasteiger partial charge in [-0.3, -0.25) is 0 Å². The number of nitriles is 1. The molecule has 0 bridgehead atoms. The Morgan fingerprint density at radius 1 is 1.32 bits per heavy atom. The van der Waals surface area contributed by atoms with E-state index in [1.807, 2.05) is 25.1 Å². The van der Waals surface area contributed by atoms with Crippen LogP contribution in [0.2, 0.25) is 0 Å². The summed E-state index contributed by atoms with van der Waals surface area (Å²) in [5, 5.41) is 8.94. The molecule has 102 valence electrons. The fraction of sp³-hybridized carbons (Fsp3) is 0.588. The Morgan fingerprint density at radius 2 is 2.05 bits per heavy atom. The van der Waals surface area contributed by atoms with Crippen LogP contribution in [0.1, 0.15) is 51.2 Å². The second kappa shape index (κ2) is 5.25. The molecule has 0 aromatic heterocycles. The first-order valence-electron chi connectivity index (χ1n) is 7.07. The van der Waals surface area contributed by atoms with Crippen molar-refractivity contribution in [2.75, 3.05) is 0 Å². The van der Waals surface area contributed by atoms with E-state index in [4.69, 9.17) is 10.00 Å². The van der Waals surface area contributed by atoms with Crippen LogP contribution < -0.4 is 4.74 Å². The van der Waals surface area contributed by atoms with Gasteiger partial charge in [-0.1, -0.05) is 20.8 Å². The van der Waals surface area contributed by atoms with E-state index in [-0.39, 0.29) is 0 Å². The average Bonchev–Trinajstić information content (AvgIpc) is 2.26. The third-order valence-electron chi connectivity index (χ3n) is 3.97. The van der Waals surface area contributed by atoms with Crippen LogP contribution in [0.4, 0.5) is 0 Å². The zero-order valence-electron chi connectivity index (χ0n) is 12.4. The minimum absolute atomic E-state index is 0.297. The zero-order chi connectivity index (χ0) is 14.0. The van der Waals surface area contributed by atoms with Gasteiger partial charge in [-0.05, 0) is 61.3 Å². The van der Waals surface area contributed by atoms with E-state index in [0.29, 0.717) is 17.4 Å². The molecule has 2 unspecified atom stereocenters. The van der Waals surface area contributed by atoms with Crippen LogP contribution in [-0.2, 0) is 0 Å². The van der Waals surface area contributed by atoms with Gasteiger partial charge in [0.15, 0.2) is 0 Å². The Kier molecular flexibility index (Phi) is 3.85. The number of rotatable bonds is 2. The third-order valence-corrected chi connectivity index (χ3v) is 3.97. The number of ether oxygens (including phenoxy) is 1. The lowest BCUT2D eigenvalue weighted by Crippen LogP contribution is -2.34. The van der Waals surface area contributed by atoms with Gasteiger partial charge in [0.05, 0.1) is 17.7 Å². The third kappa shape index (κ3) is 3.50. The number of nitrogens with zero attached hydrogens (tertiary/aromatic N) is 1. The average molecular weight is 257 g/mol. The molecule has 0 aliphatic heterocycles. The molecule has 1 aromatic carbocycles.